The van der Waals surface area contributed by atoms with Crippen molar-refractivity contribution in [3.63, 3.8) is 0 Å². The van der Waals surface area contributed by atoms with E-state index in [-0.39, 0.29) is 17.7 Å². The zero-order valence-electron chi connectivity index (χ0n) is 12.0. The van der Waals surface area contributed by atoms with Crippen molar-refractivity contribution < 1.29 is 14.7 Å². The van der Waals surface area contributed by atoms with Crippen LogP contribution in [0, 0.1) is 11.8 Å². The highest BCUT2D eigenvalue weighted by Crippen LogP contribution is 2.31. The quantitative estimate of drug-likeness (QED) is 0.829. The molecule has 0 aromatic carbocycles. The van der Waals surface area contributed by atoms with Gasteiger partial charge < -0.3 is 10.0 Å². The average Bonchev–Trinajstić information content (AvgIpc) is 2.42. The second-order valence-corrected chi connectivity index (χ2v) is 6.24. The van der Waals surface area contributed by atoms with E-state index in [1.807, 2.05) is 18.7 Å². The Bertz CT molecular complexity index is 358. The summed E-state index contributed by atoms with van der Waals surface area (Å²) in [6, 6.07) is 0. The summed E-state index contributed by atoms with van der Waals surface area (Å²) < 4.78 is 0. The van der Waals surface area contributed by atoms with Crippen molar-refractivity contribution >= 4 is 11.7 Å². The van der Waals surface area contributed by atoms with Crippen LogP contribution in [0.1, 0.15) is 52.4 Å². The number of nitrogens with zero attached hydrogens (tertiary/aromatic N) is 1. The Kier molecular flexibility index (Phi) is 4.29. The number of hydrogen-bond donors (Lipinski definition) is 1. The molecule has 2 aliphatic rings. The van der Waals surface area contributed by atoms with Crippen molar-refractivity contribution in [1.82, 2.24) is 4.90 Å². The number of aliphatic hydroxyl groups is 1. The number of carbonyl (C=O) groups is 2. The highest BCUT2D eigenvalue weighted by atomic mass is 16.3. The van der Waals surface area contributed by atoms with E-state index in [0.29, 0.717) is 51.0 Å². The van der Waals surface area contributed by atoms with Gasteiger partial charge in [-0.2, -0.15) is 0 Å². The van der Waals surface area contributed by atoms with E-state index in [4.69, 9.17) is 0 Å². The zero-order chi connectivity index (χ0) is 14.0. The molecule has 1 amide bonds. The molecular formula is C15H25NO3. The summed E-state index contributed by atoms with van der Waals surface area (Å²) in [6.07, 6.45) is 4.06. The van der Waals surface area contributed by atoms with Crippen LogP contribution in [0.5, 0.6) is 0 Å². The van der Waals surface area contributed by atoms with Gasteiger partial charge in [-0.25, -0.2) is 0 Å². The fraction of sp³-hybridized carbons (Fsp3) is 0.867. The van der Waals surface area contributed by atoms with Gasteiger partial charge in [0.2, 0.25) is 5.91 Å². The predicted octanol–water partition coefficient (Wildman–Crippen LogP) is 1.76. The van der Waals surface area contributed by atoms with Gasteiger partial charge in [0.25, 0.3) is 0 Å². The fourth-order valence-corrected chi connectivity index (χ4v) is 3.22. The molecule has 0 unspecified atom stereocenters. The number of hydrogen-bond acceptors (Lipinski definition) is 3. The van der Waals surface area contributed by atoms with Crippen molar-refractivity contribution in [2.75, 3.05) is 13.1 Å². The Hall–Kier alpha value is -0.900. The Morgan fingerprint density at radius 1 is 1.42 bits per heavy atom. The van der Waals surface area contributed by atoms with Gasteiger partial charge in [0.05, 0.1) is 5.60 Å². The number of ketones is 1. The molecule has 0 aromatic rings. The first-order valence-electron chi connectivity index (χ1n) is 7.49. The molecule has 1 saturated carbocycles. The van der Waals surface area contributed by atoms with Crippen LogP contribution in [0.25, 0.3) is 0 Å². The second-order valence-electron chi connectivity index (χ2n) is 6.24. The summed E-state index contributed by atoms with van der Waals surface area (Å²) in [5.74, 6) is 0.529. The lowest BCUT2D eigenvalue weighted by atomic mass is 9.80. The number of carbonyl (C=O) groups excluding carboxylic acids is 2. The van der Waals surface area contributed by atoms with E-state index in [2.05, 4.69) is 0 Å². The maximum absolute atomic E-state index is 12.4. The zero-order valence-corrected chi connectivity index (χ0v) is 12.0. The molecule has 0 bridgehead atoms. The SMILES string of the molecule is CCC1(O)CCN(C(=O)[C@@H]2CCC(=O)[C@@H](C)C2)CC1. The van der Waals surface area contributed by atoms with Gasteiger partial charge in [-0.3, -0.25) is 9.59 Å². The van der Waals surface area contributed by atoms with Gasteiger partial charge in [0.1, 0.15) is 5.78 Å². The molecule has 2 fully saturated rings. The standard InChI is InChI=1S/C15H25NO3/c1-3-15(19)6-8-16(9-7-15)14(18)12-4-5-13(17)11(2)10-12/h11-12,19H,3-10H2,1-2H3/t11-,12+/m0/s1. The molecule has 0 radical (unpaired) electrons. The predicted molar refractivity (Wildman–Crippen MR) is 72.6 cm³/mol. The lowest BCUT2D eigenvalue weighted by Gasteiger charge is -2.39. The maximum Gasteiger partial charge on any atom is 0.225 e. The Labute approximate surface area is 115 Å². The van der Waals surface area contributed by atoms with Gasteiger partial charge >= 0.3 is 0 Å². The third kappa shape index (κ3) is 3.16. The first-order chi connectivity index (χ1) is 8.95. The largest absolute Gasteiger partial charge is 0.390 e. The van der Waals surface area contributed by atoms with E-state index < -0.39 is 5.60 Å². The molecule has 19 heavy (non-hydrogen) atoms. The summed E-state index contributed by atoms with van der Waals surface area (Å²) in [5, 5.41) is 10.2. The summed E-state index contributed by atoms with van der Waals surface area (Å²) in [6.45, 7) is 5.23. The molecule has 0 spiro atoms. The molecule has 2 atom stereocenters. The lowest BCUT2D eigenvalue weighted by Crippen LogP contribution is -2.48. The van der Waals surface area contributed by atoms with Gasteiger partial charge in [-0.1, -0.05) is 13.8 Å². The molecule has 1 saturated heterocycles. The van der Waals surface area contributed by atoms with Crippen LogP contribution < -0.4 is 0 Å². The monoisotopic (exact) mass is 267 g/mol. The molecule has 4 heteroatoms. The molecule has 2 rings (SSSR count). The van der Waals surface area contributed by atoms with E-state index in [1.165, 1.54) is 0 Å². The van der Waals surface area contributed by atoms with Crippen molar-refractivity contribution in [3.8, 4) is 0 Å². The molecule has 1 heterocycles. The minimum atomic E-state index is -0.577. The van der Waals surface area contributed by atoms with E-state index in [9.17, 15) is 14.7 Å². The Balaban J connectivity index is 1.89. The first kappa shape index (κ1) is 14.5. The van der Waals surface area contributed by atoms with Crippen LogP contribution >= 0.6 is 0 Å². The second kappa shape index (κ2) is 5.61. The highest BCUT2D eigenvalue weighted by molar-refractivity contribution is 5.86. The summed E-state index contributed by atoms with van der Waals surface area (Å²) in [5.41, 5.74) is -0.577. The molecule has 1 N–H and O–H groups in total. The Morgan fingerprint density at radius 3 is 2.58 bits per heavy atom. The van der Waals surface area contributed by atoms with Crippen molar-refractivity contribution in [3.05, 3.63) is 0 Å². The summed E-state index contributed by atoms with van der Waals surface area (Å²) in [7, 11) is 0. The van der Waals surface area contributed by atoms with Crippen LogP contribution in [-0.4, -0.2) is 40.4 Å². The minimum Gasteiger partial charge on any atom is -0.390 e. The molecule has 1 aliphatic carbocycles. The van der Waals surface area contributed by atoms with E-state index >= 15 is 0 Å². The molecule has 1 aliphatic heterocycles. The lowest BCUT2D eigenvalue weighted by molar-refractivity contribution is -0.142. The molecular weight excluding hydrogens is 242 g/mol. The number of piperidine rings is 1. The van der Waals surface area contributed by atoms with Crippen LogP contribution in [-0.2, 0) is 9.59 Å². The topological polar surface area (TPSA) is 57.6 Å². The molecule has 108 valence electrons. The average molecular weight is 267 g/mol. The van der Waals surface area contributed by atoms with Crippen molar-refractivity contribution in [1.29, 1.82) is 0 Å². The summed E-state index contributed by atoms with van der Waals surface area (Å²) >= 11 is 0. The van der Waals surface area contributed by atoms with Crippen LogP contribution in [0.4, 0.5) is 0 Å². The maximum atomic E-state index is 12.4. The molecule has 4 nitrogen and oxygen atoms in total. The minimum absolute atomic E-state index is 0.0144. The third-order valence-corrected chi connectivity index (χ3v) is 4.94. The van der Waals surface area contributed by atoms with Gasteiger partial charge in [-0.05, 0) is 32.1 Å². The van der Waals surface area contributed by atoms with Crippen molar-refractivity contribution in [2.24, 2.45) is 11.8 Å². The van der Waals surface area contributed by atoms with Gasteiger partial charge in [0, 0.05) is 31.3 Å². The van der Waals surface area contributed by atoms with Crippen LogP contribution in [0.15, 0.2) is 0 Å². The van der Waals surface area contributed by atoms with E-state index in [0.717, 1.165) is 6.42 Å². The number of amides is 1. The first-order valence-corrected chi connectivity index (χ1v) is 7.49. The normalized spacial score (nSPS) is 31.3. The summed E-state index contributed by atoms with van der Waals surface area (Å²) in [4.78, 5) is 25.8. The highest BCUT2D eigenvalue weighted by Gasteiger charge is 2.36. The molecule has 0 aromatic heterocycles. The number of rotatable bonds is 2. The fourth-order valence-electron chi connectivity index (χ4n) is 3.22. The number of likely N-dealkylation sites (tertiary alicyclic amines) is 1. The van der Waals surface area contributed by atoms with Crippen LogP contribution in [0.2, 0.25) is 0 Å². The smallest absolute Gasteiger partial charge is 0.225 e. The number of Topliss-reactive ketones (excluding diaryl/α,β-unsaturated/α-hetero) is 1. The van der Waals surface area contributed by atoms with Crippen molar-refractivity contribution in [2.45, 2.75) is 58.0 Å². The third-order valence-electron chi connectivity index (χ3n) is 4.94. The van der Waals surface area contributed by atoms with Gasteiger partial charge in [0.15, 0.2) is 0 Å². The van der Waals surface area contributed by atoms with E-state index in [1.54, 1.807) is 0 Å². The van der Waals surface area contributed by atoms with Gasteiger partial charge in [-0.15, -0.1) is 0 Å². The Morgan fingerprint density at radius 2 is 2.05 bits per heavy atom. The van der Waals surface area contributed by atoms with Crippen LogP contribution in [0.3, 0.4) is 0 Å².